The average Bonchev–Trinajstić information content (AvgIpc) is 3.06. The first kappa shape index (κ1) is 48.2. The highest BCUT2D eigenvalue weighted by molar-refractivity contribution is 5.85. The number of ketones is 1. The number of carbonyl (C=O) groups is 2. The Kier molecular flexibility index (Phi) is 29.2. The fourth-order valence-electron chi connectivity index (χ4n) is 6.84. The van der Waals surface area contributed by atoms with E-state index in [-0.39, 0.29) is 43.5 Å². The zero-order valence-electron chi connectivity index (χ0n) is 31.8. The second-order valence-electron chi connectivity index (χ2n) is 14.7. The maximum absolute atomic E-state index is 13.6. The lowest BCUT2D eigenvalue weighted by molar-refractivity contribution is -0.309. The normalized spacial score (nSPS) is 22.9. The van der Waals surface area contributed by atoms with Gasteiger partial charge in [0.2, 0.25) is 11.8 Å². The van der Waals surface area contributed by atoms with Gasteiger partial charge in [-0.25, -0.2) is 0 Å². The van der Waals surface area contributed by atoms with E-state index in [0.29, 0.717) is 12.8 Å². The minimum absolute atomic E-state index is 0. The summed E-state index contributed by atoms with van der Waals surface area (Å²) in [5, 5.41) is 32.4. The van der Waals surface area contributed by atoms with E-state index in [4.69, 9.17) is 16.2 Å². The molecular formula is C39H78ClN3O6. The smallest absolute Gasteiger partial charge is 0.227 e. The first-order valence-corrected chi connectivity index (χ1v) is 20.2. The maximum Gasteiger partial charge on any atom is 0.227 e. The van der Waals surface area contributed by atoms with Crippen LogP contribution >= 0.6 is 12.4 Å². The van der Waals surface area contributed by atoms with E-state index in [9.17, 15) is 24.9 Å². The van der Waals surface area contributed by atoms with Crippen LogP contribution in [0.4, 0.5) is 0 Å². The number of amides is 1. The molecule has 1 aliphatic heterocycles. The van der Waals surface area contributed by atoms with Crippen LogP contribution in [-0.4, -0.2) is 74.8 Å². The molecule has 7 N–H and O–H groups in total. The molecule has 0 spiro atoms. The summed E-state index contributed by atoms with van der Waals surface area (Å²) in [5.41, 5.74) is 12.4. The number of hydrogen-bond acceptors (Lipinski definition) is 8. The van der Waals surface area contributed by atoms with Crippen LogP contribution in [0, 0.1) is 0 Å². The lowest BCUT2D eigenvalue weighted by Crippen LogP contribution is -2.76. The third-order valence-electron chi connectivity index (χ3n) is 10.2. The summed E-state index contributed by atoms with van der Waals surface area (Å²) in [4.78, 5) is 27.4. The number of nitrogens with two attached hydrogens (primary N) is 2. The topological polar surface area (TPSA) is 159 Å². The first-order valence-electron chi connectivity index (χ1n) is 20.2. The molecule has 0 aliphatic carbocycles. The molecule has 1 amide bonds. The quantitative estimate of drug-likeness (QED) is 0.0358. The van der Waals surface area contributed by atoms with Gasteiger partial charge in [0.05, 0.1) is 12.1 Å². The number of unbranched alkanes of at least 4 members (excludes halogenated alkanes) is 23. The monoisotopic (exact) mass is 720 g/mol. The third kappa shape index (κ3) is 20.1. The average molecular weight is 721 g/mol. The van der Waals surface area contributed by atoms with Crippen molar-refractivity contribution in [1.82, 2.24) is 4.90 Å². The Hall–Kier alpha value is -0.810. The van der Waals surface area contributed by atoms with Crippen molar-refractivity contribution in [3.8, 4) is 0 Å². The zero-order valence-corrected chi connectivity index (χ0v) is 32.6. The Morgan fingerprint density at radius 3 is 1.41 bits per heavy atom. The highest BCUT2D eigenvalue weighted by Crippen LogP contribution is 2.32. The summed E-state index contributed by atoms with van der Waals surface area (Å²) in [6.45, 7) is 6.28. The summed E-state index contributed by atoms with van der Waals surface area (Å²) in [6, 6.07) is -0.786. The second kappa shape index (κ2) is 29.7. The Bertz CT molecular complexity index is 822. The Balaban J connectivity index is 0.0000230. The van der Waals surface area contributed by atoms with Crippen molar-refractivity contribution in [1.29, 1.82) is 0 Å². The van der Waals surface area contributed by atoms with Crippen molar-refractivity contribution in [3.63, 3.8) is 0 Å². The van der Waals surface area contributed by atoms with Gasteiger partial charge in [0.1, 0.15) is 18.3 Å². The van der Waals surface area contributed by atoms with E-state index in [1.165, 1.54) is 121 Å². The zero-order chi connectivity index (χ0) is 35.6. The van der Waals surface area contributed by atoms with Gasteiger partial charge in [0.15, 0.2) is 5.78 Å². The molecule has 0 saturated carbocycles. The number of halogens is 1. The predicted octanol–water partition coefficient (Wildman–Crippen LogP) is 7.82. The van der Waals surface area contributed by atoms with Gasteiger partial charge in [-0.2, -0.15) is 0 Å². The number of rotatable bonds is 31. The molecule has 0 aromatic carbocycles. The van der Waals surface area contributed by atoms with Crippen LogP contribution in [0.3, 0.4) is 0 Å². The van der Waals surface area contributed by atoms with E-state index in [1.54, 1.807) is 0 Å². The van der Waals surface area contributed by atoms with Gasteiger partial charge in [-0.15, -0.1) is 12.4 Å². The largest absolute Gasteiger partial charge is 0.388 e. The molecule has 0 radical (unpaired) electrons. The number of ether oxygens (including phenoxy) is 1. The number of Topliss-reactive ketones (excluding diaryl/α,β-unsaturated/α-hetero) is 1. The molecule has 0 unspecified atom stereocenters. The lowest BCUT2D eigenvalue weighted by Gasteiger charge is -2.51. The number of aliphatic hydroxyl groups is 3. The standard InChI is InChI=1S/C39H77N3O6.ClH/c1-4-6-8-10-12-14-15-16-17-18-19-20-22-24-26-28-30-42(35(44)29-27-25-23-21-13-11-9-7-5-2)39(41)38(47)37(46)36(45)34(48-39)31-33(43)32(3)40;/h32,34,36-38,45-47H,4-31,40-41H2,1-3H3;1H/t32-,34+,36+,37-,38+,39-;/m0./s1. The van der Waals surface area contributed by atoms with Gasteiger partial charge < -0.3 is 25.8 Å². The van der Waals surface area contributed by atoms with Crippen molar-refractivity contribution >= 4 is 24.1 Å². The number of nitrogens with zero attached hydrogens (tertiary/aromatic N) is 1. The van der Waals surface area contributed by atoms with E-state index in [2.05, 4.69) is 13.8 Å². The summed E-state index contributed by atoms with van der Waals surface area (Å²) in [7, 11) is 0. The van der Waals surface area contributed by atoms with Crippen molar-refractivity contribution in [2.24, 2.45) is 11.5 Å². The molecule has 49 heavy (non-hydrogen) atoms. The number of aliphatic hydroxyl groups excluding tert-OH is 3. The van der Waals surface area contributed by atoms with Crippen LogP contribution in [-0.2, 0) is 14.3 Å². The molecule has 1 heterocycles. The maximum atomic E-state index is 13.6. The predicted molar refractivity (Wildman–Crippen MR) is 203 cm³/mol. The summed E-state index contributed by atoms with van der Waals surface area (Å²) in [6.07, 6.45) is 23.7. The Morgan fingerprint density at radius 2 is 1.02 bits per heavy atom. The molecule has 0 bridgehead atoms. The van der Waals surface area contributed by atoms with E-state index in [0.717, 1.165) is 38.5 Å². The molecule has 6 atom stereocenters. The molecule has 9 nitrogen and oxygen atoms in total. The highest BCUT2D eigenvalue weighted by Gasteiger charge is 2.56. The third-order valence-corrected chi connectivity index (χ3v) is 10.2. The van der Waals surface area contributed by atoms with Crippen LogP contribution in [0.15, 0.2) is 0 Å². The molecule has 0 aromatic rings. The van der Waals surface area contributed by atoms with Crippen molar-refractivity contribution in [3.05, 3.63) is 0 Å². The lowest BCUT2D eigenvalue weighted by atomic mass is 9.90. The van der Waals surface area contributed by atoms with Gasteiger partial charge in [-0.1, -0.05) is 162 Å². The summed E-state index contributed by atoms with van der Waals surface area (Å²) >= 11 is 0. The molecule has 1 aliphatic rings. The molecule has 10 heteroatoms. The van der Waals surface area contributed by atoms with Crippen LogP contribution in [0.2, 0.25) is 0 Å². The minimum Gasteiger partial charge on any atom is -0.388 e. The molecular weight excluding hydrogens is 642 g/mol. The van der Waals surface area contributed by atoms with Crippen LogP contribution in [0.25, 0.3) is 0 Å². The molecule has 292 valence electrons. The molecule has 0 aromatic heterocycles. The fourth-order valence-corrected chi connectivity index (χ4v) is 6.84. The van der Waals surface area contributed by atoms with Gasteiger partial charge >= 0.3 is 0 Å². The van der Waals surface area contributed by atoms with Gasteiger partial charge in [0, 0.05) is 19.4 Å². The highest BCUT2D eigenvalue weighted by atomic mass is 35.5. The molecule has 1 saturated heterocycles. The number of carbonyl (C=O) groups excluding carboxylic acids is 2. The van der Waals surface area contributed by atoms with Crippen molar-refractivity contribution in [2.45, 2.75) is 230 Å². The fraction of sp³-hybridized carbons (Fsp3) is 0.949. The van der Waals surface area contributed by atoms with E-state index in [1.807, 2.05) is 0 Å². The summed E-state index contributed by atoms with van der Waals surface area (Å²) in [5.74, 6) is -2.68. The van der Waals surface area contributed by atoms with Gasteiger partial charge in [-0.05, 0) is 19.8 Å². The molecule has 1 rings (SSSR count). The molecule has 1 fully saturated rings. The van der Waals surface area contributed by atoms with Crippen LogP contribution < -0.4 is 11.5 Å². The minimum atomic E-state index is -2.06. The summed E-state index contributed by atoms with van der Waals surface area (Å²) < 4.78 is 5.99. The van der Waals surface area contributed by atoms with Gasteiger partial charge in [0.25, 0.3) is 0 Å². The second-order valence-corrected chi connectivity index (χ2v) is 14.7. The van der Waals surface area contributed by atoms with Gasteiger partial charge in [-0.3, -0.25) is 20.2 Å². The van der Waals surface area contributed by atoms with Crippen LogP contribution in [0.5, 0.6) is 0 Å². The van der Waals surface area contributed by atoms with Crippen LogP contribution in [0.1, 0.15) is 194 Å². The Morgan fingerprint density at radius 1 is 0.653 bits per heavy atom. The van der Waals surface area contributed by atoms with E-state index < -0.39 is 36.3 Å². The SMILES string of the molecule is CCCCCCCCCCCCCCCCCCN(C(=O)CCCCCCCCCCC)[C@]1(N)O[C@H](CC(=O)[C@H](C)N)[C@@H](O)[C@H](O)[C@H]1O.Cl. The number of hydrogen-bond donors (Lipinski definition) is 5. The van der Waals surface area contributed by atoms with E-state index >= 15 is 0 Å². The van der Waals surface area contributed by atoms with Crippen molar-refractivity contribution in [2.75, 3.05) is 6.54 Å². The first-order chi connectivity index (χ1) is 23.1. The Labute approximate surface area is 306 Å². The van der Waals surface area contributed by atoms with Crippen molar-refractivity contribution < 1.29 is 29.6 Å².